The number of nitrogens with one attached hydrogen (secondary N) is 1. The van der Waals surface area contributed by atoms with Crippen molar-refractivity contribution in [2.24, 2.45) is 11.3 Å². The van der Waals surface area contributed by atoms with Gasteiger partial charge >= 0.3 is 0 Å². The molecule has 9 heteroatoms. The van der Waals surface area contributed by atoms with Crippen LogP contribution in [0.3, 0.4) is 0 Å². The Labute approximate surface area is 170 Å². The first-order valence-corrected chi connectivity index (χ1v) is 10.1. The summed E-state index contributed by atoms with van der Waals surface area (Å²) in [5.74, 6) is 0.425. The van der Waals surface area contributed by atoms with Gasteiger partial charge in [-0.2, -0.15) is 0 Å². The average Bonchev–Trinajstić information content (AvgIpc) is 3.01. The van der Waals surface area contributed by atoms with E-state index in [1.54, 1.807) is 11.8 Å². The fourth-order valence-electron chi connectivity index (χ4n) is 4.89. The largest absolute Gasteiger partial charge is 0.391 e. The van der Waals surface area contributed by atoms with Crippen LogP contribution in [-0.4, -0.2) is 82.1 Å². The third kappa shape index (κ3) is 4.03. The van der Waals surface area contributed by atoms with Crippen molar-refractivity contribution >= 4 is 5.91 Å². The molecular formula is C20H28N6O3. The monoisotopic (exact) mass is 400 g/mol. The van der Waals surface area contributed by atoms with Crippen molar-refractivity contribution < 1.29 is 14.6 Å². The van der Waals surface area contributed by atoms with Crippen LogP contribution in [-0.2, 0) is 16.1 Å². The molecule has 2 heterocycles. The number of β-amino-alcohol motifs (C(OH)–C–C–N with tert-alkyl or cyclic N) is 1. The van der Waals surface area contributed by atoms with Gasteiger partial charge in [0.05, 0.1) is 19.3 Å². The highest BCUT2D eigenvalue weighted by atomic mass is 16.5. The number of amides is 1. The van der Waals surface area contributed by atoms with Crippen LogP contribution in [0, 0.1) is 11.3 Å². The number of hydrogen-bond acceptors (Lipinski definition) is 7. The van der Waals surface area contributed by atoms with Gasteiger partial charge in [-0.15, -0.1) is 5.10 Å². The van der Waals surface area contributed by atoms with Gasteiger partial charge in [-0.3, -0.25) is 9.69 Å². The zero-order valence-electron chi connectivity index (χ0n) is 16.6. The van der Waals surface area contributed by atoms with Gasteiger partial charge in [0.15, 0.2) is 0 Å². The minimum atomic E-state index is -0.410. The lowest BCUT2D eigenvalue weighted by Crippen LogP contribution is -2.30. The summed E-state index contributed by atoms with van der Waals surface area (Å²) in [6, 6.07) is 10.3. The molecule has 1 spiro atoms. The van der Waals surface area contributed by atoms with Gasteiger partial charge in [0.25, 0.3) is 0 Å². The molecule has 1 saturated carbocycles. The maximum Gasteiger partial charge on any atom is 0.221 e. The molecule has 1 aliphatic carbocycles. The Morgan fingerprint density at radius 1 is 1.34 bits per heavy atom. The Kier molecular flexibility index (Phi) is 5.89. The Morgan fingerprint density at radius 2 is 2.17 bits per heavy atom. The molecule has 156 valence electrons. The second-order valence-corrected chi connectivity index (χ2v) is 7.98. The molecule has 2 aromatic rings. The Bertz CT molecular complexity index is 802. The summed E-state index contributed by atoms with van der Waals surface area (Å²) in [4.78, 5) is 14.6. The lowest BCUT2D eigenvalue weighted by atomic mass is 9.95. The highest BCUT2D eigenvalue weighted by molar-refractivity contribution is 5.75. The standard InChI is InChI=1S/C20H28N6O3/c1-29-10-9-25-12-17(27)20(13-25)16(19(20)15-5-3-2-4-6-15)11-21-18(28)7-8-26-14-22-23-24-26/h2-6,14,16-17,19,27H,7-13H2,1H3,(H,21,28)/t16-,17-,19-,20-/m1/s1. The molecule has 2 fully saturated rings. The van der Waals surface area contributed by atoms with Crippen LogP contribution in [0.15, 0.2) is 36.7 Å². The molecule has 4 atom stereocenters. The van der Waals surface area contributed by atoms with Gasteiger partial charge in [-0.1, -0.05) is 30.3 Å². The number of ether oxygens (including phenoxy) is 1. The number of aliphatic hydroxyl groups is 1. The number of aromatic nitrogens is 4. The van der Waals surface area contributed by atoms with Crippen LogP contribution in [0.2, 0.25) is 0 Å². The van der Waals surface area contributed by atoms with Crippen molar-refractivity contribution in [1.82, 2.24) is 30.4 Å². The minimum absolute atomic E-state index is 0.0295. The summed E-state index contributed by atoms with van der Waals surface area (Å²) in [5.41, 5.74) is 1.02. The fourth-order valence-corrected chi connectivity index (χ4v) is 4.89. The van der Waals surface area contributed by atoms with Gasteiger partial charge in [0.1, 0.15) is 6.33 Å². The summed E-state index contributed by atoms with van der Waals surface area (Å²) in [6.07, 6.45) is 1.41. The van der Waals surface area contributed by atoms with Gasteiger partial charge in [0.2, 0.25) is 5.91 Å². The van der Waals surface area contributed by atoms with Crippen LogP contribution >= 0.6 is 0 Å². The number of methoxy groups -OCH3 is 1. The Hall–Kier alpha value is -2.36. The van der Waals surface area contributed by atoms with Crippen LogP contribution in [0.5, 0.6) is 0 Å². The average molecular weight is 400 g/mol. The van der Waals surface area contributed by atoms with E-state index in [-0.39, 0.29) is 23.2 Å². The summed E-state index contributed by atoms with van der Waals surface area (Å²) in [6.45, 7) is 3.94. The van der Waals surface area contributed by atoms with Crippen molar-refractivity contribution in [1.29, 1.82) is 0 Å². The molecule has 0 radical (unpaired) electrons. The molecule has 2 N–H and O–H groups in total. The van der Waals surface area contributed by atoms with Gasteiger partial charge < -0.3 is 15.2 Å². The zero-order valence-corrected chi connectivity index (χ0v) is 16.6. The molecule has 1 amide bonds. The topological polar surface area (TPSA) is 105 Å². The molecule has 1 aromatic heterocycles. The maximum atomic E-state index is 12.3. The van der Waals surface area contributed by atoms with E-state index in [4.69, 9.17) is 4.74 Å². The highest BCUT2D eigenvalue weighted by Gasteiger charge is 2.70. The van der Waals surface area contributed by atoms with E-state index in [2.05, 4.69) is 37.9 Å². The Balaban J connectivity index is 1.40. The smallest absolute Gasteiger partial charge is 0.221 e. The molecule has 1 aromatic carbocycles. The molecule has 0 bridgehead atoms. The van der Waals surface area contributed by atoms with Crippen LogP contribution in [0.25, 0.3) is 0 Å². The number of likely N-dealkylation sites (tertiary alicyclic amines) is 1. The van der Waals surface area contributed by atoms with Gasteiger partial charge in [-0.25, -0.2) is 4.68 Å². The zero-order chi connectivity index (χ0) is 20.3. The summed E-state index contributed by atoms with van der Waals surface area (Å²) in [7, 11) is 1.69. The lowest BCUT2D eigenvalue weighted by Gasteiger charge is -2.16. The van der Waals surface area contributed by atoms with E-state index < -0.39 is 6.10 Å². The summed E-state index contributed by atoms with van der Waals surface area (Å²) < 4.78 is 6.75. The normalized spacial score (nSPS) is 28.7. The summed E-state index contributed by atoms with van der Waals surface area (Å²) >= 11 is 0. The maximum absolute atomic E-state index is 12.3. The van der Waals surface area contributed by atoms with Gasteiger partial charge in [-0.05, 0) is 27.8 Å². The minimum Gasteiger partial charge on any atom is -0.391 e. The molecule has 9 nitrogen and oxygen atoms in total. The molecule has 2 aliphatic rings. The second kappa shape index (κ2) is 8.56. The third-order valence-electron chi connectivity index (χ3n) is 6.36. The van der Waals surface area contributed by atoms with Crippen molar-refractivity contribution in [3.05, 3.63) is 42.2 Å². The second-order valence-electron chi connectivity index (χ2n) is 7.98. The summed E-state index contributed by atoms with van der Waals surface area (Å²) in [5, 5.41) is 24.9. The number of aryl methyl sites for hydroxylation is 1. The third-order valence-corrected chi connectivity index (χ3v) is 6.36. The first-order valence-electron chi connectivity index (χ1n) is 10.1. The van der Waals surface area contributed by atoms with E-state index >= 15 is 0 Å². The van der Waals surface area contributed by atoms with Crippen molar-refractivity contribution in [3.8, 4) is 0 Å². The molecule has 29 heavy (non-hydrogen) atoms. The molecule has 4 rings (SSSR count). The number of tetrazole rings is 1. The van der Waals surface area contributed by atoms with Crippen molar-refractivity contribution in [3.63, 3.8) is 0 Å². The Morgan fingerprint density at radius 3 is 2.90 bits per heavy atom. The molecule has 1 aliphatic heterocycles. The number of hydrogen-bond donors (Lipinski definition) is 2. The quantitative estimate of drug-likeness (QED) is 0.606. The van der Waals surface area contributed by atoms with Crippen LogP contribution < -0.4 is 5.32 Å². The predicted molar refractivity (Wildman–Crippen MR) is 105 cm³/mol. The lowest BCUT2D eigenvalue weighted by molar-refractivity contribution is -0.121. The number of carbonyl (C=O) groups is 1. The predicted octanol–water partition coefficient (Wildman–Crippen LogP) is -0.0977. The molecule has 1 saturated heterocycles. The number of nitrogens with zero attached hydrogens (tertiary/aromatic N) is 5. The van der Waals surface area contributed by atoms with E-state index in [0.717, 1.165) is 13.1 Å². The SMILES string of the molecule is COCCN1C[C@@H](O)[C@@]2(C1)[C@H](CNC(=O)CCn1cnnn1)[C@H]2c1ccccc1. The van der Waals surface area contributed by atoms with Crippen molar-refractivity contribution in [2.75, 3.05) is 39.9 Å². The van der Waals surface area contributed by atoms with Crippen LogP contribution in [0.1, 0.15) is 17.9 Å². The number of rotatable bonds is 9. The fraction of sp³-hybridized carbons (Fsp3) is 0.600. The van der Waals surface area contributed by atoms with E-state index in [0.29, 0.717) is 32.7 Å². The number of aliphatic hydroxyl groups excluding tert-OH is 1. The van der Waals surface area contributed by atoms with Gasteiger partial charge in [0, 0.05) is 45.1 Å². The van der Waals surface area contributed by atoms with E-state index in [1.807, 2.05) is 18.2 Å². The first kappa shape index (κ1) is 19.9. The van der Waals surface area contributed by atoms with E-state index in [9.17, 15) is 9.90 Å². The first-order chi connectivity index (χ1) is 14.1. The highest BCUT2D eigenvalue weighted by Crippen LogP contribution is 2.68. The van der Waals surface area contributed by atoms with E-state index in [1.165, 1.54) is 11.9 Å². The molecular weight excluding hydrogens is 372 g/mol. The van der Waals surface area contributed by atoms with Crippen LogP contribution in [0.4, 0.5) is 0 Å². The van der Waals surface area contributed by atoms with Crippen molar-refractivity contribution in [2.45, 2.75) is 25.0 Å². The number of carbonyl (C=O) groups excluding carboxylic acids is 1. The molecule has 0 unspecified atom stereocenters. The number of benzene rings is 1.